The number of aromatic nitrogens is 2. The molecule has 1 aromatic rings. The third kappa shape index (κ3) is 0.534. The first-order valence-electron chi connectivity index (χ1n) is 1.94. The Morgan fingerprint density at radius 1 is 1.75 bits per heavy atom. The molecule has 1 N–H and O–H groups in total. The predicted molar refractivity (Wildman–Crippen MR) is 26.2 cm³/mol. The van der Waals surface area contributed by atoms with Crippen LogP contribution < -0.4 is 5.69 Å². The minimum atomic E-state index is -0.514. The van der Waals surface area contributed by atoms with E-state index < -0.39 is 5.69 Å². The first kappa shape index (κ1) is 4.76. The lowest BCUT2D eigenvalue weighted by atomic mass is 11.0. The summed E-state index contributed by atoms with van der Waals surface area (Å²) in [6.07, 6.45) is 2.58. The Bertz CT molecular complexity index is 235. The SMILES string of the molecule is O=Nn1cc[nH]c1=O. The van der Waals surface area contributed by atoms with Crippen LogP contribution in [0, 0.1) is 4.91 Å². The monoisotopic (exact) mass is 113 g/mol. The average Bonchev–Trinajstić information content (AvgIpc) is 2.14. The summed E-state index contributed by atoms with van der Waals surface area (Å²) < 4.78 is 0.667. The van der Waals surface area contributed by atoms with E-state index in [1.807, 2.05) is 0 Å². The molecular weight excluding hydrogens is 110 g/mol. The topological polar surface area (TPSA) is 67.2 Å². The molecule has 5 heteroatoms. The van der Waals surface area contributed by atoms with Crippen molar-refractivity contribution in [3.63, 3.8) is 0 Å². The van der Waals surface area contributed by atoms with E-state index in [0.717, 1.165) is 0 Å². The summed E-state index contributed by atoms with van der Waals surface area (Å²) in [7, 11) is 0. The fourth-order valence-electron chi connectivity index (χ4n) is 0.377. The zero-order valence-corrected chi connectivity index (χ0v) is 3.87. The van der Waals surface area contributed by atoms with Crippen molar-refractivity contribution in [2.45, 2.75) is 0 Å². The molecule has 0 saturated carbocycles. The quantitative estimate of drug-likeness (QED) is 0.508. The second-order valence-corrected chi connectivity index (χ2v) is 1.19. The maximum Gasteiger partial charge on any atom is 0.348 e. The maximum atomic E-state index is 10.3. The third-order valence-electron chi connectivity index (χ3n) is 0.719. The largest absolute Gasteiger partial charge is 0.348 e. The van der Waals surface area contributed by atoms with Gasteiger partial charge in [-0.2, -0.15) is 4.68 Å². The number of hydrogen-bond acceptors (Lipinski definition) is 3. The van der Waals surface area contributed by atoms with Crippen LogP contribution in [0.2, 0.25) is 0 Å². The minimum absolute atomic E-state index is 0.514. The predicted octanol–water partition coefficient (Wildman–Crippen LogP) is -0.294. The Labute approximate surface area is 43.9 Å². The molecule has 1 rings (SSSR count). The summed E-state index contributed by atoms with van der Waals surface area (Å²) in [6.45, 7) is 0. The highest BCUT2D eigenvalue weighted by atomic mass is 16.3. The maximum absolute atomic E-state index is 10.3. The molecule has 0 bridgehead atoms. The molecule has 0 amide bonds. The molecule has 0 unspecified atom stereocenters. The van der Waals surface area contributed by atoms with Crippen LogP contribution >= 0.6 is 0 Å². The van der Waals surface area contributed by atoms with Crippen molar-refractivity contribution < 1.29 is 0 Å². The van der Waals surface area contributed by atoms with Gasteiger partial charge in [-0.3, -0.25) is 0 Å². The van der Waals surface area contributed by atoms with Gasteiger partial charge in [-0.05, 0) is 0 Å². The summed E-state index contributed by atoms with van der Waals surface area (Å²) in [4.78, 5) is 22.1. The van der Waals surface area contributed by atoms with Gasteiger partial charge in [0.25, 0.3) is 0 Å². The minimum Gasteiger partial charge on any atom is -0.311 e. The van der Waals surface area contributed by atoms with Crippen LogP contribution in [0.3, 0.4) is 0 Å². The molecule has 1 aromatic heterocycles. The smallest absolute Gasteiger partial charge is 0.311 e. The number of rotatable bonds is 1. The lowest BCUT2D eigenvalue weighted by molar-refractivity contribution is 0.820. The molecule has 0 aromatic carbocycles. The number of hydrogen-bond donors (Lipinski definition) is 1. The van der Waals surface area contributed by atoms with Gasteiger partial charge < -0.3 is 4.98 Å². The van der Waals surface area contributed by atoms with E-state index in [4.69, 9.17) is 0 Å². The van der Waals surface area contributed by atoms with Crippen molar-refractivity contribution in [2.24, 2.45) is 5.29 Å². The van der Waals surface area contributed by atoms with Crippen molar-refractivity contribution in [1.82, 2.24) is 9.66 Å². The van der Waals surface area contributed by atoms with Gasteiger partial charge in [0.2, 0.25) is 0 Å². The summed E-state index contributed by atoms with van der Waals surface area (Å²) in [5, 5.41) is 2.35. The normalized spacial score (nSPS) is 9.00. The van der Waals surface area contributed by atoms with Gasteiger partial charge in [-0.15, -0.1) is 4.91 Å². The molecule has 42 valence electrons. The van der Waals surface area contributed by atoms with Gasteiger partial charge in [0.1, 0.15) is 0 Å². The van der Waals surface area contributed by atoms with Crippen molar-refractivity contribution >= 4 is 0 Å². The molecule has 0 aliphatic heterocycles. The van der Waals surface area contributed by atoms with Crippen molar-refractivity contribution in [3.8, 4) is 0 Å². The molecule has 0 atom stereocenters. The van der Waals surface area contributed by atoms with Gasteiger partial charge in [0.15, 0.2) is 0 Å². The second-order valence-electron chi connectivity index (χ2n) is 1.19. The van der Waals surface area contributed by atoms with Crippen LogP contribution in [0.5, 0.6) is 0 Å². The van der Waals surface area contributed by atoms with Crippen molar-refractivity contribution in [3.05, 3.63) is 27.8 Å². The van der Waals surface area contributed by atoms with E-state index in [1.54, 1.807) is 0 Å². The van der Waals surface area contributed by atoms with Crippen LogP contribution in [0.25, 0.3) is 0 Å². The van der Waals surface area contributed by atoms with Gasteiger partial charge in [0, 0.05) is 6.20 Å². The second kappa shape index (κ2) is 1.61. The van der Waals surface area contributed by atoms with E-state index in [-0.39, 0.29) is 0 Å². The van der Waals surface area contributed by atoms with Crippen molar-refractivity contribution in [1.29, 1.82) is 0 Å². The highest BCUT2D eigenvalue weighted by molar-refractivity contribution is 4.73. The molecule has 5 nitrogen and oxygen atoms in total. The van der Waals surface area contributed by atoms with Crippen LogP contribution in [-0.4, -0.2) is 9.66 Å². The van der Waals surface area contributed by atoms with E-state index in [9.17, 15) is 9.70 Å². The molecular formula is C3H3N3O2. The lowest BCUT2D eigenvalue weighted by Gasteiger charge is -1.73. The van der Waals surface area contributed by atoms with Gasteiger partial charge in [-0.25, -0.2) is 4.79 Å². The van der Waals surface area contributed by atoms with Gasteiger partial charge >= 0.3 is 5.69 Å². The fraction of sp³-hybridized carbons (Fsp3) is 0. The highest BCUT2D eigenvalue weighted by Crippen LogP contribution is 1.72. The molecule has 0 aliphatic carbocycles. The Hall–Kier alpha value is -1.39. The van der Waals surface area contributed by atoms with Gasteiger partial charge in [-0.1, -0.05) is 0 Å². The van der Waals surface area contributed by atoms with Crippen LogP contribution in [0.1, 0.15) is 0 Å². The van der Waals surface area contributed by atoms with Crippen LogP contribution in [0.15, 0.2) is 22.5 Å². The number of nitrogens with one attached hydrogen (secondary N) is 1. The first-order valence-corrected chi connectivity index (χ1v) is 1.94. The summed E-state index contributed by atoms with van der Waals surface area (Å²) in [6, 6.07) is 0. The number of aromatic amines is 1. The number of nitroso groups, excluding NO2 is 1. The molecule has 0 aliphatic rings. The van der Waals surface area contributed by atoms with E-state index in [2.05, 4.69) is 10.3 Å². The lowest BCUT2D eigenvalue weighted by Crippen LogP contribution is -2.10. The molecule has 0 saturated heterocycles. The molecule has 0 fully saturated rings. The fourth-order valence-corrected chi connectivity index (χ4v) is 0.377. The summed E-state index contributed by atoms with van der Waals surface area (Å²) in [5.41, 5.74) is -0.514. The molecule has 0 radical (unpaired) electrons. The summed E-state index contributed by atoms with van der Waals surface area (Å²) >= 11 is 0. The molecule has 1 heterocycles. The van der Waals surface area contributed by atoms with Crippen LogP contribution in [-0.2, 0) is 0 Å². The zero-order chi connectivity index (χ0) is 5.98. The number of imidazole rings is 1. The molecule has 0 spiro atoms. The van der Waals surface area contributed by atoms with E-state index in [0.29, 0.717) is 4.68 Å². The first-order chi connectivity index (χ1) is 3.84. The Balaban J connectivity index is 3.30. The van der Waals surface area contributed by atoms with E-state index in [1.165, 1.54) is 12.4 Å². The van der Waals surface area contributed by atoms with Crippen molar-refractivity contribution in [2.75, 3.05) is 0 Å². The van der Waals surface area contributed by atoms with Gasteiger partial charge in [0.05, 0.1) is 11.5 Å². The standard InChI is InChI=1S/C3H3N3O2/c7-3-4-1-2-6(3)5-8/h1-2H,(H,4,7). The number of H-pyrrole nitrogens is 1. The Kier molecular flexibility index (Phi) is 0.957. The Morgan fingerprint density at radius 3 is 2.75 bits per heavy atom. The Morgan fingerprint density at radius 2 is 2.50 bits per heavy atom. The highest BCUT2D eigenvalue weighted by Gasteiger charge is 1.88. The molecule has 8 heavy (non-hydrogen) atoms. The van der Waals surface area contributed by atoms with Crippen LogP contribution in [0.4, 0.5) is 0 Å². The van der Waals surface area contributed by atoms with E-state index >= 15 is 0 Å². The number of nitrogens with zero attached hydrogens (tertiary/aromatic N) is 2. The zero-order valence-electron chi connectivity index (χ0n) is 3.87. The third-order valence-corrected chi connectivity index (χ3v) is 0.719. The summed E-state index contributed by atoms with van der Waals surface area (Å²) in [5.74, 6) is 0. The average molecular weight is 113 g/mol.